The summed E-state index contributed by atoms with van der Waals surface area (Å²) < 4.78 is 0. The van der Waals surface area contributed by atoms with Crippen LogP contribution in [0.25, 0.3) is 5.57 Å². The molecule has 0 N–H and O–H groups in total. The van der Waals surface area contributed by atoms with Crippen LogP contribution in [0.2, 0.25) is 0 Å². The van der Waals surface area contributed by atoms with Gasteiger partial charge in [0.2, 0.25) is 0 Å². The molecule has 0 bridgehead atoms. The second-order valence-corrected chi connectivity index (χ2v) is 3.88. The van der Waals surface area contributed by atoms with E-state index in [-0.39, 0.29) is 0 Å². The van der Waals surface area contributed by atoms with Crippen molar-refractivity contribution in [1.29, 1.82) is 0 Å². The summed E-state index contributed by atoms with van der Waals surface area (Å²) in [6.07, 6.45) is 6.73. The van der Waals surface area contributed by atoms with Gasteiger partial charge in [-0.2, -0.15) is 0 Å². The summed E-state index contributed by atoms with van der Waals surface area (Å²) in [5, 5.41) is 0. The fraction of sp³-hybridized carbons (Fsp3) is 0.286. The molecule has 0 aromatic heterocycles. The molecule has 0 nitrogen and oxygen atoms in total. The monoisotopic (exact) mass is 184 g/mol. The van der Waals surface area contributed by atoms with Gasteiger partial charge in [-0.05, 0) is 35.5 Å². The van der Waals surface area contributed by atoms with Crippen LogP contribution in [0.3, 0.4) is 0 Å². The van der Waals surface area contributed by atoms with E-state index in [1.54, 1.807) is 0 Å². The van der Waals surface area contributed by atoms with Crippen molar-refractivity contribution < 1.29 is 0 Å². The van der Waals surface area contributed by atoms with Gasteiger partial charge in [0, 0.05) is 0 Å². The molecule has 0 aliphatic heterocycles. The number of rotatable bonds is 2. The van der Waals surface area contributed by atoms with Crippen LogP contribution in [-0.4, -0.2) is 0 Å². The summed E-state index contributed by atoms with van der Waals surface area (Å²) >= 11 is 0. The largest absolute Gasteiger partial charge is 0.102 e. The molecule has 72 valence electrons. The van der Waals surface area contributed by atoms with Crippen LogP contribution in [0.1, 0.15) is 24.5 Å². The molecule has 1 aromatic rings. The molecular weight excluding hydrogens is 168 g/mol. The first-order valence-corrected chi connectivity index (χ1v) is 5.24. The zero-order valence-corrected chi connectivity index (χ0v) is 8.66. The molecule has 0 fully saturated rings. The number of hydrogen-bond acceptors (Lipinski definition) is 0. The SMILES string of the molecule is C=C[C@H](C)C1=CCCc2ccccc21. The molecule has 0 saturated carbocycles. The van der Waals surface area contributed by atoms with Gasteiger partial charge in [-0.3, -0.25) is 0 Å². The van der Waals surface area contributed by atoms with Gasteiger partial charge in [0.1, 0.15) is 0 Å². The Hall–Kier alpha value is -1.30. The molecule has 0 unspecified atom stereocenters. The van der Waals surface area contributed by atoms with Crippen molar-refractivity contribution >= 4 is 5.57 Å². The Balaban J connectivity index is 2.45. The van der Waals surface area contributed by atoms with Gasteiger partial charge in [-0.1, -0.05) is 43.3 Å². The van der Waals surface area contributed by atoms with E-state index in [4.69, 9.17) is 0 Å². The first-order valence-electron chi connectivity index (χ1n) is 5.24. The normalized spacial score (nSPS) is 16.8. The molecule has 0 saturated heterocycles. The van der Waals surface area contributed by atoms with Gasteiger partial charge in [0.25, 0.3) is 0 Å². The van der Waals surface area contributed by atoms with Crippen LogP contribution in [0.15, 0.2) is 43.0 Å². The zero-order valence-electron chi connectivity index (χ0n) is 8.66. The second kappa shape index (κ2) is 3.83. The Morgan fingerprint density at radius 1 is 1.36 bits per heavy atom. The average molecular weight is 184 g/mol. The zero-order chi connectivity index (χ0) is 9.97. The lowest BCUT2D eigenvalue weighted by molar-refractivity contribution is 0.903. The fourth-order valence-electron chi connectivity index (χ4n) is 2.07. The molecule has 14 heavy (non-hydrogen) atoms. The maximum absolute atomic E-state index is 3.87. The van der Waals surface area contributed by atoms with Crippen LogP contribution in [-0.2, 0) is 6.42 Å². The highest BCUT2D eigenvalue weighted by atomic mass is 14.2. The number of allylic oxidation sites excluding steroid dienone is 3. The molecule has 0 heteroatoms. The van der Waals surface area contributed by atoms with E-state index in [0.29, 0.717) is 5.92 Å². The molecule has 0 spiro atoms. The lowest BCUT2D eigenvalue weighted by atomic mass is 9.84. The number of fused-ring (bicyclic) bond motifs is 1. The van der Waals surface area contributed by atoms with Gasteiger partial charge in [0.15, 0.2) is 0 Å². The van der Waals surface area contributed by atoms with Gasteiger partial charge in [0.05, 0.1) is 0 Å². The summed E-state index contributed by atoms with van der Waals surface area (Å²) in [5.41, 5.74) is 4.35. The van der Waals surface area contributed by atoms with Crippen LogP contribution in [0.4, 0.5) is 0 Å². The van der Waals surface area contributed by atoms with E-state index in [0.717, 1.165) is 0 Å². The molecule has 1 aliphatic carbocycles. The van der Waals surface area contributed by atoms with Crippen molar-refractivity contribution in [2.45, 2.75) is 19.8 Å². The Labute approximate surface area is 86.0 Å². The lowest BCUT2D eigenvalue weighted by Crippen LogP contribution is -2.04. The van der Waals surface area contributed by atoms with Crippen molar-refractivity contribution in [3.05, 3.63) is 54.1 Å². The van der Waals surface area contributed by atoms with Crippen molar-refractivity contribution in [3.8, 4) is 0 Å². The molecule has 1 aromatic carbocycles. The minimum Gasteiger partial charge on any atom is -0.102 e. The first-order chi connectivity index (χ1) is 6.83. The third-order valence-corrected chi connectivity index (χ3v) is 2.95. The minimum absolute atomic E-state index is 0.469. The lowest BCUT2D eigenvalue weighted by Gasteiger charge is -2.20. The van der Waals surface area contributed by atoms with Crippen molar-refractivity contribution in [2.24, 2.45) is 5.92 Å². The average Bonchev–Trinajstić information content (AvgIpc) is 2.27. The molecule has 0 radical (unpaired) electrons. The summed E-state index contributed by atoms with van der Waals surface area (Å²) in [7, 11) is 0. The van der Waals surface area contributed by atoms with Gasteiger partial charge in [-0.15, -0.1) is 6.58 Å². The summed E-state index contributed by atoms with van der Waals surface area (Å²) in [6, 6.07) is 8.70. The number of aryl methyl sites for hydroxylation is 1. The Bertz CT molecular complexity index is 371. The van der Waals surface area contributed by atoms with Crippen LogP contribution < -0.4 is 0 Å². The van der Waals surface area contributed by atoms with Crippen LogP contribution in [0, 0.1) is 5.92 Å². The maximum Gasteiger partial charge on any atom is -0.00102 e. The third kappa shape index (κ3) is 1.52. The van der Waals surface area contributed by atoms with Crippen molar-refractivity contribution in [3.63, 3.8) is 0 Å². The first kappa shape index (κ1) is 9.26. The number of hydrogen-bond donors (Lipinski definition) is 0. The fourth-order valence-corrected chi connectivity index (χ4v) is 2.07. The van der Waals surface area contributed by atoms with E-state index >= 15 is 0 Å². The number of benzene rings is 1. The highest BCUT2D eigenvalue weighted by Crippen LogP contribution is 2.31. The minimum atomic E-state index is 0.469. The van der Waals surface area contributed by atoms with E-state index in [2.05, 4.69) is 43.8 Å². The van der Waals surface area contributed by atoms with Gasteiger partial charge >= 0.3 is 0 Å². The predicted octanol–water partition coefficient (Wildman–Crippen LogP) is 3.84. The van der Waals surface area contributed by atoms with Crippen LogP contribution in [0.5, 0.6) is 0 Å². The Kier molecular flexibility index (Phi) is 2.53. The van der Waals surface area contributed by atoms with Crippen molar-refractivity contribution in [1.82, 2.24) is 0 Å². The molecule has 0 heterocycles. The summed E-state index contributed by atoms with van der Waals surface area (Å²) in [6.45, 7) is 6.08. The van der Waals surface area contributed by atoms with Crippen molar-refractivity contribution in [2.75, 3.05) is 0 Å². The highest BCUT2D eigenvalue weighted by molar-refractivity contribution is 5.72. The highest BCUT2D eigenvalue weighted by Gasteiger charge is 2.14. The quantitative estimate of drug-likeness (QED) is 0.613. The standard InChI is InChI=1S/C14H16/c1-3-11(2)13-10-6-8-12-7-4-5-9-14(12)13/h3-5,7,9-11H,1,6,8H2,2H3/t11-/m0/s1. The summed E-state index contributed by atoms with van der Waals surface area (Å²) in [4.78, 5) is 0. The Morgan fingerprint density at radius 2 is 2.14 bits per heavy atom. The molecule has 2 rings (SSSR count). The molecule has 0 amide bonds. The maximum atomic E-state index is 3.87. The Morgan fingerprint density at radius 3 is 2.93 bits per heavy atom. The predicted molar refractivity (Wildman–Crippen MR) is 62.1 cm³/mol. The smallest absolute Gasteiger partial charge is 0.00102 e. The van der Waals surface area contributed by atoms with Crippen LogP contribution >= 0.6 is 0 Å². The van der Waals surface area contributed by atoms with E-state index in [1.807, 2.05) is 6.08 Å². The molecule has 1 aliphatic rings. The topological polar surface area (TPSA) is 0 Å². The second-order valence-electron chi connectivity index (χ2n) is 3.88. The van der Waals surface area contributed by atoms with E-state index in [1.165, 1.54) is 29.5 Å². The van der Waals surface area contributed by atoms with Gasteiger partial charge in [-0.25, -0.2) is 0 Å². The third-order valence-electron chi connectivity index (χ3n) is 2.95. The van der Waals surface area contributed by atoms with Gasteiger partial charge < -0.3 is 0 Å². The van der Waals surface area contributed by atoms with E-state index < -0.39 is 0 Å². The van der Waals surface area contributed by atoms with E-state index in [9.17, 15) is 0 Å². The summed E-state index contributed by atoms with van der Waals surface area (Å²) in [5.74, 6) is 0.469. The molecular formula is C14H16. The molecule has 1 atom stereocenters.